The standard InChI is InChI=1S/C26H22FN5O3/c1-15-22-12-29-30-25(22)18(14-32(15)34)13-31(2)26(33)21-10-24(35-19-6-7-19)20(9-23(21)27)17-5-3-4-16(8-17)11-28/h3-5,8-10,12,14,19,34H,6-7,13H2,1-2H3/p+1. The van der Waals surface area contributed by atoms with Gasteiger partial charge in [-0.2, -0.15) is 10.4 Å². The molecule has 4 aromatic rings. The van der Waals surface area contributed by atoms with Crippen LogP contribution < -0.4 is 9.47 Å². The first-order valence-corrected chi connectivity index (χ1v) is 11.2. The van der Waals surface area contributed by atoms with Crippen molar-refractivity contribution in [3.63, 3.8) is 0 Å². The number of ether oxygens (including phenoxy) is 1. The van der Waals surface area contributed by atoms with Gasteiger partial charge in [0.25, 0.3) is 5.91 Å². The molecule has 1 aliphatic rings. The normalized spacial score (nSPS) is 13.0. The van der Waals surface area contributed by atoms with E-state index in [9.17, 15) is 15.3 Å². The predicted octanol–water partition coefficient (Wildman–Crippen LogP) is 3.89. The summed E-state index contributed by atoms with van der Waals surface area (Å²) in [5.41, 5.74) is 3.39. The van der Waals surface area contributed by atoms with Crippen LogP contribution in [0.2, 0.25) is 0 Å². The Hall–Kier alpha value is -4.45. The number of benzene rings is 2. The first kappa shape index (κ1) is 22.3. The number of nitrogens with one attached hydrogen (secondary N) is 1. The van der Waals surface area contributed by atoms with Gasteiger partial charge in [-0.3, -0.25) is 15.1 Å². The molecule has 0 unspecified atom stereocenters. The summed E-state index contributed by atoms with van der Waals surface area (Å²) in [6, 6.07) is 11.7. The lowest BCUT2D eigenvalue weighted by Gasteiger charge is -2.19. The monoisotopic (exact) mass is 472 g/mol. The van der Waals surface area contributed by atoms with E-state index in [2.05, 4.69) is 16.3 Å². The van der Waals surface area contributed by atoms with Gasteiger partial charge in [0.1, 0.15) is 11.6 Å². The maximum absolute atomic E-state index is 15.3. The van der Waals surface area contributed by atoms with Crippen molar-refractivity contribution in [3.8, 4) is 22.9 Å². The maximum atomic E-state index is 15.3. The molecule has 1 fully saturated rings. The van der Waals surface area contributed by atoms with Crippen LogP contribution in [0.1, 0.15) is 40.0 Å². The number of aromatic amines is 1. The van der Waals surface area contributed by atoms with Crippen LogP contribution in [0.3, 0.4) is 0 Å². The number of nitriles is 1. The molecule has 2 aromatic heterocycles. The van der Waals surface area contributed by atoms with Gasteiger partial charge < -0.3 is 9.64 Å². The van der Waals surface area contributed by atoms with Gasteiger partial charge in [0, 0.05) is 24.3 Å². The number of hydrogen-bond acceptors (Lipinski definition) is 5. The van der Waals surface area contributed by atoms with E-state index in [0.717, 1.165) is 23.0 Å². The molecule has 1 aliphatic carbocycles. The number of pyridine rings is 1. The molecular formula is C26H23FN5O3+. The molecule has 1 saturated carbocycles. The molecule has 0 spiro atoms. The van der Waals surface area contributed by atoms with Gasteiger partial charge in [-0.1, -0.05) is 12.1 Å². The molecule has 0 radical (unpaired) electrons. The third-order valence-electron chi connectivity index (χ3n) is 6.15. The molecule has 0 saturated heterocycles. The SMILES string of the molecule is Cc1c2cn[nH]c2c(CN(C)C(=O)c2cc(OC3CC3)c(-c3cccc(C#N)c3)cc2F)c[n+]1O. The third-order valence-corrected chi connectivity index (χ3v) is 6.15. The van der Waals surface area contributed by atoms with Gasteiger partial charge in [-0.25, -0.2) is 4.39 Å². The minimum atomic E-state index is -0.685. The minimum absolute atomic E-state index is 0.0280. The van der Waals surface area contributed by atoms with Crippen LogP contribution in [0.15, 0.2) is 48.8 Å². The largest absolute Gasteiger partial charge is 0.490 e. The van der Waals surface area contributed by atoms with Crippen molar-refractivity contribution in [1.29, 1.82) is 5.26 Å². The maximum Gasteiger partial charge on any atom is 0.257 e. The van der Waals surface area contributed by atoms with E-state index in [4.69, 9.17) is 4.74 Å². The van der Waals surface area contributed by atoms with Crippen LogP contribution in [0.25, 0.3) is 22.0 Å². The Bertz CT molecular complexity index is 1500. The van der Waals surface area contributed by atoms with E-state index in [0.29, 0.717) is 39.2 Å². The zero-order valence-electron chi connectivity index (χ0n) is 19.2. The summed E-state index contributed by atoms with van der Waals surface area (Å²) in [6.07, 6.45) is 4.92. The van der Waals surface area contributed by atoms with E-state index in [1.165, 1.54) is 23.2 Å². The van der Waals surface area contributed by atoms with Crippen molar-refractivity contribution in [3.05, 3.63) is 77.0 Å². The van der Waals surface area contributed by atoms with Crippen molar-refractivity contribution in [2.75, 3.05) is 7.05 Å². The van der Waals surface area contributed by atoms with Crippen LogP contribution in [-0.2, 0) is 6.54 Å². The van der Waals surface area contributed by atoms with E-state index >= 15 is 4.39 Å². The average molecular weight is 473 g/mol. The molecule has 1 amide bonds. The highest BCUT2D eigenvalue weighted by atomic mass is 19.1. The highest BCUT2D eigenvalue weighted by molar-refractivity contribution is 5.96. The number of carbonyl (C=O) groups excluding carboxylic acids is 1. The van der Waals surface area contributed by atoms with E-state index in [1.54, 1.807) is 44.4 Å². The quantitative estimate of drug-likeness (QED) is 0.327. The van der Waals surface area contributed by atoms with Crippen molar-refractivity contribution < 1.29 is 23.9 Å². The second kappa shape index (κ2) is 8.72. The second-order valence-electron chi connectivity index (χ2n) is 8.74. The molecule has 8 nitrogen and oxygen atoms in total. The van der Waals surface area contributed by atoms with Crippen molar-refractivity contribution in [2.45, 2.75) is 32.4 Å². The van der Waals surface area contributed by atoms with E-state index in [-0.39, 0.29) is 18.2 Å². The first-order chi connectivity index (χ1) is 16.9. The molecule has 2 heterocycles. The van der Waals surface area contributed by atoms with E-state index < -0.39 is 11.7 Å². The number of carbonyl (C=O) groups is 1. The van der Waals surface area contributed by atoms with Crippen molar-refractivity contribution in [2.24, 2.45) is 0 Å². The van der Waals surface area contributed by atoms with Crippen LogP contribution in [0, 0.1) is 24.1 Å². The summed E-state index contributed by atoms with van der Waals surface area (Å²) in [5, 5.41) is 27.1. The fraction of sp³-hybridized carbons (Fsp3) is 0.231. The minimum Gasteiger partial charge on any atom is -0.490 e. The van der Waals surface area contributed by atoms with Gasteiger partial charge >= 0.3 is 0 Å². The van der Waals surface area contributed by atoms with Gasteiger partial charge in [0.15, 0.2) is 0 Å². The van der Waals surface area contributed by atoms with Crippen molar-refractivity contribution in [1.82, 2.24) is 15.1 Å². The molecular weight excluding hydrogens is 449 g/mol. The summed E-state index contributed by atoms with van der Waals surface area (Å²) in [7, 11) is 1.57. The Morgan fingerprint density at radius 2 is 2.17 bits per heavy atom. The topological polar surface area (TPSA) is 106 Å². The number of fused-ring (bicyclic) bond motifs is 1. The smallest absolute Gasteiger partial charge is 0.257 e. The van der Waals surface area contributed by atoms with Gasteiger partial charge in [-0.15, -0.1) is 0 Å². The Morgan fingerprint density at radius 1 is 1.37 bits per heavy atom. The predicted molar refractivity (Wildman–Crippen MR) is 124 cm³/mol. The van der Waals surface area contributed by atoms with Crippen LogP contribution >= 0.6 is 0 Å². The number of aromatic nitrogens is 3. The molecule has 0 aliphatic heterocycles. The Labute approximate surface area is 200 Å². The summed E-state index contributed by atoms with van der Waals surface area (Å²) in [5.74, 6) is -0.811. The molecule has 0 bridgehead atoms. The fourth-order valence-corrected chi connectivity index (χ4v) is 4.05. The Kier molecular flexibility index (Phi) is 5.57. The summed E-state index contributed by atoms with van der Waals surface area (Å²) < 4.78 is 22.3. The number of aryl methyl sites for hydroxylation is 1. The molecule has 2 N–H and O–H groups in total. The van der Waals surface area contributed by atoms with Crippen LogP contribution in [-0.4, -0.2) is 39.4 Å². The molecule has 5 rings (SSSR count). The summed E-state index contributed by atoms with van der Waals surface area (Å²) in [6.45, 7) is 1.86. The zero-order chi connectivity index (χ0) is 24.7. The molecule has 176 valence electrons. The molecule has 9 heteroatoms. The number of amides is 1. The second-order valence-corrected chi connectivity index (χ2v) is 8.74. The first-order valence-electron chi connectivity index (χ1n) is 11.2. The van der Waals surface area contributed by atoms with Crippen LogP contribution in [0.5, 0.6) is 5.75 Å². The molecule has 0 atom stereocenters. The zero-order valence-corrected chi connectivity index (χ0v) is 19.2. The highest BCUT2D eigenvalue weighted by Crippen LogP contribution is 2.37. The molecule has 35 heavy (non-hydrogen) atoms. The Morgan fingerprint density at radius 3 is 2.91 bits per heavy atom. The van der Waals surface area contributed by atoms with E-state index in [1.807, 2.05) is 0 Å². The highest BCUT2D eigenvalue weighted by Gasteiger charge is 2.28. The number of nitrogens with zero attached hydrogens (tertiary/aromatic N) is 4. The number of H-pyrrole nitrogens is 1. The summed E-state index contributed by atoms with van der Waals surface area (Å²) >= 11 is 0. The number of rotatable bonds is 6. The van der Waals surface area contributed by atoms with Crippen molar-refractivity contribution >= 4 is 16.8 Å². The fourth-order valence-electron chi connectivity index (χ4n) is 4.05. The lowest BCUT2D eigenvalue weighted by Crippen LogP contribution is -2.35. The lowest BCUT2D eigenvalue weighted by atomic mass is 9.99. The summed E-state index contributed by atoms with van der Waals surface area (Å²) in [4.78, 5) is 14.7. The van der Waals surface area contributed by atoms with Crippen LogP contribution in [0.4, 0.5) is 4.39 Å². The van der Waals surface area contributed by atoms with Gasteiger partial charge in [0.2, 0.25) is 11.9 Å². The Balaban J connectivity index is 1.49. The average Bonchev–Trinajstić information content (AvgIpc) is 3.53. The third kappa shape index (κ3) is 4.26. The molecule has 2 aromatic carbocycles. The van der Waals surface area contributed by atoms with Gasteiger partial charge in [0.05, 0.1) is 52.5 Å². The lowest BCUT2D eigenvalue weighted by molar-refractivity contribution is -0.908. The number of hydrogen-bond donors (Lipinski definition) is 2. The number of halogens is 1. The van der Waals surface area contributed by atoms with Gasteiger partial charge in [-0.05, 0) is 42.7 Å².